The summed E-state index contributed by atoms with van der Waals surface area (Å²) in [6.45, 7) is 2.31. The van der Waals surface area contributed by atoms with E-state index in [1.807, 2.05) is 0 Å². The molecular formula is C28H32F7N3O. The number of urea groups is 1. The molecule has 2 aliphatic rings. The average molecular weight is 560 g/mol. The average Bonchev–Trinajstić information content (AvgIpc) is 3.51. The molecule has 0 bridgehead atoms. The monoisotopic (exact) mass is 559 g/mol. The van der Waals surface area contributed by atoms with Crippen LogP contribution in [0.5, 0.6) is 0 Å². The largest absolute Gasteiger partial charge is 0.416 e. The van der Waals surface area contributed by atoms with Gasteiger partial charge in [-0.3, -0.25) is 0 Å². The zero-order valence-electron chi connectivity index (χ0n) is 21.8. The molecule has 1 saturated carbocycles. The highest BCUT2D eigenvalue weighted by Gasteiger charge is 2.41. The normalized spacial score (nSPS) is 20.6. The van der Waals surface area contributed by atoms with Crippen LogP contribution in [0.3, 0.4) is 0 Å². The zero-order chi connectivity index (χ0) is 28.5. The minimum atomic E-state index is -4.97. The Bertz CT molecular complexity index is 1140. The van der Waals surface area contributed by atoms with Crippen LogP contribution >= 0.6 is 0 Å². The van der Waals surface area contributed by atoms with Crippen molar-refractivity contribution in [2.24, 2.45) is 5.92 Å². The summed E-state index contributed by atoms with van der Waals surface area (Å²) in [6.07, 6.45) is -4.82. The van der Waals surface area contributed by atoms with E-state index >= 15 is 0 Å². The maximum atomic E-state index is 13.9. The van der Waals surface area contributed by atoms with Crippen LogP contribution in [0.1, 0.15) is 66.0 Å². The summed E-state index contributed by atoms with van der Waals surface area (Å²) in [4.78, 5) is 16.3. The number of benzene rings is 2. The van der Waals surface area contributed by atoms with E-state index in [2.05, 4.69) is 5.32 Å². The molecule has 2 aromatic carbocycles. The zero-order valence-corrected chi connectivity index (χ0v) is 21.8. The summed E-state index contributed by atoms with van der Waals surface area (Å²) in [7, 11) is 1.36. The molecule has 0 aromatic heterocycles. The van der Waals surface area contributed by atoms with Crippen LogP contribution in [0.25, 0.3) is 0 Å². The van der Waals surface area contributed by atoms with Crippen molar-refractivity contribution in [2.45, 2.75) is 70.0 Å². The van der Waals surface area contributed by atoms with E-state index in [9.17, 15) is 35.5 Å². The molecule has 4 nitrogen and oxygen atoms in total. The van der Waals surface area contributed by atoms with Crippen LogP contribution in [0.15, 0.2) is 36.4 Å². The van der Waals surface area contributed by atoms with E-state index in [0.29, 0.717) is 43.2 Å². The number of carbonyl (C=O) groups is 1. The molecule has 0 radical (unpaired) electrons. The van der Waals surface area contributed by atoms with Crippen LogP contribution in [0.4, 0.5) is 35.5 Å². The summed E-state index contributed by atoms with van der Waals surface area (Å²) in [5.41, 5.74) is -1.69. The highest BCUT2D eigenvalue weighted by atomic mass is 19.4. The third kappa shape index (κ3) is 6.85. The molecule has 0 spiro atoms. The third-order valence-corrected chi connectivity index (χ3v) is 7.74. The van der Waals surface area contributed by atoms with Crippen molar-refractivity contribution >= 4 is 6.03 Å². The van der Waals surface area contributed by atoms with Crippen LogP contribution in [0.2, 0.25) is 0 Å². The van der Waals surface area contributed by atoms with Crippen molar-refractivity contribution in [2.75, 3.05) is 20.1 Å². The number of amides is 2. The number of nitrogens with zero attached hydrogens (tertiary/aromatic N) is 2. The molecule has 2 fully saturated rings. The SMILES string of the molecule is Cc1cc(F)ccc1C1C(CNC2CCCC2)CCN1C(=O)N(C)Cc1cc(C(F)(F)F)cc(C(F)(F)F)c1. The van der Waals surface area contributed by atoms with Crippen molar-refractivity contribution in [3.63, 3.8) is 0 Å². The lowest BCUT2D eigenvalue weighted by molar-refractivity contribution is -0.143. The standard InChI is InChI=1S/C28H32F7N3O/c1-17-11-22(29)7-8-24(17)25-19(15-36-23-5-3-4-6-23)9-10-38(25)26(39)37(2)16-18-12-20(27(30,31)32)14-21(13-18)28(33,34)35/h7-8,11-14,19,23,25,36H,3-6,9-10,15-16H2,1-2H3. The third-order valence-electron chi connectivity index (χ3n) is 7.74. The Balaban J connectivity index is 1.58. The Morgan fingerprint density at radius 1 is 0.974 bits per heavy atom. The lowest BCUT2D eigenvalue weighted by Gasteiger charge is -2.33. The van der Waals surface area contributed by atoms with E-state index < -0.39 is 47.9 Å². The first-order valence-electron chi connectivity index (χ1n) is 13.0. The van der Waals surface area contributed by atoms with Crippen molar-refractivity contribution in [1.29, 1.82) is 0 Å². The molecule has 39 heavy (non-hydrogen) atoms. The number of carbonyl (C=O) groups excluding carboxylic acids is 1. The molecule has 1 aliphatic carbocycles. The molecule has 11 heteroatoms. The second-order valence-corrected chi connectivity index (χ2v) is 10.6. The van der Waals surface area contributed by atoms with Gasteiger partial charge in [-0.15, -0.1) is 0 Å². The minimum absolute atomic E-state index is 0.0116. The lowest BCUT2D eigenvalue weighted by atomic mass is 9.90. The fourth-order valence-electron chi connectivity index (χ4n) is 5.80. The van der Waals surface area contributed by atoms with E-state index in [1.165, 1.54) is 19.2 Å². The molecule has 4 rings (SSSR count). The quantitative estimate of drug-likeness (QED) is 0.377. The predicted octanol–water partition coefficient (Wildman–Crippen LogP) is 7.32. The van der Waals surface area contributed by atoms with Gasteiger partial charge in [-0.2, -0.15) is 26.3 Å². The molecule has 1 heterocycles. The Morgan fingerprint density at radius 3 is 2.15 bits per heavy atom. The number of alkyl halides is 6. The fourth-order valence-corrected chi connectivity index (χ4v) is 5.80. The van der Waals surface area contributed by atoms with Gasteiger partial charge in [0.1, 0.15) is 5.82 Å². The molecular weight excluding hydrogens is 527 g/mol. The number of hydrogen-bond acceptors (Lipinski definition) is 2. The molecule has 2 unspecified atom stereocenters. The number of nitrogens with one attached hydrogen (secondary N) is 1. The fraction of sp³-hybridized carbons (Fsp3) is 0.536. The number of halogens is 7. The van der Waals surface area contributed by atoms with Gasteiger partial charge in [-0.1, -0.05) is 18.9 Å². The van der Waals surface area contributed by atoms with Crippen molar-refractivity contribution in [3.05, 3.63) is 70.0 Å². The summed E-state index contributed by atoms with van der Waals surface area (Å²) < 4.78 is 93.8. The first-order valence-corrected chi connectivity index (χ1v) is 13.0. The predicted molar refractivity (Wildman–Crippen MR) is 132 cm³/mol. The molecule has 1 aliphatic heterocycles. The van der Waals surface area contributed by atoms with E-state index in [-0.39, 0.29) is 17.5 Å². The molecule has 214 valence electrons. The van der Waals surface area contributed by atoms with Gasteiger partial charge in [-0.25, -0.2) is 9.18 Å². The van der Waals surface area contributed by atoms with Gasteiger partial charge in [-0.05, 0) is 79.1 Å². The van der Waals surface area contributed by atoms with Gasteiger partial charge in [0.15, 0.2) is 0 Å². The topological polar surface area (TPSA) is 35.6 Å². The van der Waals surface area contributed by atoms with Crippen molar-refractivity contribution in [1.82, 2.24) is 15.1 Å². The van der Waals surface area contributed by atoms with Gasteiger partial charge < -0.3 is 15.1 Å². The summed E-state index contributed by atoms with van der Waals surface area (Å²) in [5.74, 6) is -0.396. The Kier molecular flexibility index (Phi) is 8.49. The van der Waals surface area contributed by atoms with Gasteiger partial charge >= 0.3 is 18.4 Å². The number of likely N-dealkylation sites (tertiary alicyclic amines) is 1. The van der Waals surface area contributed by atoms with Crippen molar-refractivity contribution < 1.29 is 35.5 Å². The van der Waals surface area contributed by atoms with E-state index in [0.717, 1.165) is 36.1 Å². The highest BCUT2D eigenvalue weighted by Crippen LogP contribution is 2.40. The highest BCUT2D eigenvalue weighted by molar-refractivity contribution is 5.75. The Morgan fingerprint density at radius 2 is 1.59 bits per heavy atom. The maximum Gasteiger partial charge on any atom is 0.416 e. The van der Waals surface area contributed by atoms with Gasteiger partial charge in [0.25, 0.3) is 0 Å². The maximum absolute atomic E-state index is 13.9. The second kappa shape index (κ2) is 11.3. The second-order valence-electron chi connectivity index (χ2n) is 10.6. The molecule has 2 amide bonds. The summed E-state index contributed by atoms with van der Waals surface area (Å²) in [5, 5.41) is 3.58. The number of hydrogen-bond donors (Lipinski definition) is 1. The molecule has 2 aromatic rings. The van der Waals surface area contributed by atoms with Crippen molar-refractivity contribution in [3.8, 4) is 0 Å². The lowest BCUT2D eigenvalue weighted by Crippen LogP contribution is -2.42. The molecule has 1 N–H and O–H groups in total. The van der Waals surface area contributed by atoms with Gasteiger partial charge in [0.05, 0.1) is 17.2 Å². The van der Waals surface area contributed by atoms with Gasteiger partial charge in [0, 0.05) is 32.7 Å². The van der Waals surface area contributed by atoms with Crippen LogP contribution in [-0.2, 0) is 18.9 Å². The molecule has 1 saturated heterocycles. The minimum Gasteiger partial charge on any atom is -0.323 e. The van der Waals surface area contributed by atoms with Crippen LogP contribution in [-0.4, -0.2) is 42.0 Å². The summed E-state index contributed by atoms with van der Waals surface area (Å²) >= 11 is 0. The molecule has 2 atom stereocenters. The first-order chi connectivity index (χ1) is 18.2. The number of aryl methyl sites for hydroxylation is 1. The van der Waals surface area contributed by atoms with E-state index in [4.69, 9.17) is 0 Å². The summed E-state index contributed by atoms with van der Waals surface area (Å²) in [6, 6.07) is 5.18. The van der Waals surface area contributed by atoms with E-state index in [1.54, 1.807) is 17.9 Å². The Labute approximate surface area is 223 Å². The van der Waals surface area contributed by atoms with Crippen LogP contribution < -0.4 is 5.32 Å². The Hall–Kier alpha value is -2.82. The van der Waals surface area contributed by atoms with Gasteiger partial charge in [0.2, 0.25) is 0 Å². The smallest absolute Gasteiger partial charge is 0.323 e. The number of rotatable bonds is 6. The first kappa shape index (κ1) is 29.2. The van der Waals surface area contributed by atoms with Crippen LogP contribution in [0, 0.1) is 18.7 Å².